The Morgan fingerprint density at radius 1 is 0.738 bits per heavy atom. The van der Waals surface area contributed by atoms with E-state index in [0.29, 0.717) is 21.8 Å². The summed E-state index contributed by atoms with van der Waals surface area (Å²) in [6, 6.07) is 23.8. The Hall–Kier alpha value is -5.81. The summed E-state index contributed by atoms with van der Waals surface area (Å²) in [7, 11) is 0. The van der Waals surface area contributed by atoms with Crippen LogP contribution in [0.25, 0.3) is 6.08 Å². The van der Waals surface area contributed by atoms with Crippen molar-refractivity contribution in [3.8, 4) is 5.75 Å². The molecule has 4 aromatic rings. The SMILES string of the molecule is O=C(/C=C/c1ccccc1OC(=O)c1ccc([N+](=O)[O-])cc1)NNC(=O)c1ccc(NC(=O)c2ccc(Cl)cc2)cc1. The first-order valence-corrected chi connectivity index (χ1v) is 12.6. The number of hydrogen-bond donors (Lipinski definition) is 3. The van der Waals surface area contributed by atoms with Gasteiger partial charge in [-0.3, -0.25) is 35.3 Å². The molecule has 11 nitrogen and oxygen atoms in total. The van der Waals surface area contributed by atoms with Gasteiger partial charge in [-0.2, -0.15) is 0 Å². The van der Waals surface area contributed by atoms with Gasteiger partial charge in [-0.25, -0.2) is 4.79 Å². The number of nitrogens with zero attached hydrogens (tertiary/aromatic N) is 1. The summed E-state index contributed by atoms with van der Waals surface area (Å²) in [5.74, 6) is -2.18. The smallest absolute Gasteiger partial charge is 0.343 e. The molecule has 12 heteroatoms. The zero-order chi connectivity index (χ0) is 30.1. The van der Waals surface area contributed by atoms with Crippen molar-refractivity contribution in [1.82, 2.24) is 10.9 Å². The van der Waals surface area contributed by atoms with Crippen LogP contribution >= 0.6 is 11.6 Å². The molecule has 0 aliphatic carbocycles. The van der Waals surface area contributed by atoms with Crippen LogP contribution in [0, 0.1) is 10.1 Å². The van der Waals surface area contributed by atoms with Gasteiger partial charge in [0.15, 0.2) is 0 Å². The molecule has 0 saturated carbocycles. The number of benzene rings is 4. The molecule has 4 rings (SSSR count). The number of nitro groups is 1. The zero-order valence-electron chi connectivity index (χ0n) is 21.6. The highest BCUT2D eigenvalue weighted by Gasteiger charge is 2.13. The molecule has 0 bridgehead atoms. The maximum absolute atomic E-state index is 12.5. The standard InChI is InChI=1S/C30H21ClN4O7/c31-23-12-5-20(6-13-23)28(37)32-24-14-7-21(8-15-24)29(38)34-33-27(36)18-11-19-3-1-2-4-26(19)42-30(39)22-9-16-25(17-10-22)35(40)41/h1-18H,(H,32,37)(H,33,36)(H,34,38)/b18-11+. The predicted molar refractivity (Wildman–Crippen MR) is 155 cm³/mol. The predicted octanol–water partition coefficient (Wildman–Crippen LogP) is 5.19. The summed E-state index contributed by atoms with van der Waals surface area (Å²) < 4.78 is 5.39. The number of hydrazine groups is 1. The number of amides is 3. The quantitative estimate of drug-likeness (QED) is 0.0845. The second-order valence-electron chi connectivity index (χ2n) is 8.55. The monoisotopic (exact) mass is 584 g/mol. The van der Waals surface area contributed by atoms with Crippen LogP contribution in [0.15, 0.2) is 103 Å². The van der Waals surface area contributed by atoms with E-state index in [4.69, 9.17) is 16.3 Å². The van der Waals surface area contributed by atoms with E-state index in [1.54, 1.807) is 54.6 Å². The van der Waals surface area contributed by atoms with Crippen LogP contribution in [-0.2, 0) is 4.79 Å². The Labute approximate surface area is 243 Å². The summed E-state index contributed by atoms with van der Waals surface area (Å²) in [5.41, 5.74) is 5.99. The minimum Gasteiger partial charge on any atom is -0.422 e. The Morgan fingerprint density at radius 3 is 2.00 bits per heavy atom. The van der Waals surface area contributed by atoms with Crippen molar-refractivity contribution < 1.29 is 28.8 Å². The van der Waals surface area contributed by atoms with Gasteiger partial charge in [-0.1, -0.05) is 29.8 Å². The molecule has 0 aliphatic rings. The average molecular weight is 585 g/mol. The van der Waals surface area contributed by atoms with E-state index in [1.165, 1.54) is 48.5 Å². The number of nitro benzene ring substituents is 1. The Bertz CT molecular complexity index is 1670. The molecule has 0 fully saturated rings. The summed E-state index contributed by atoms with van der Waals surface area (Å²) >= 11 is 5.84. The lowest BCUT2D eigenvalue weighted by molar-refractivity contribution is -0.384. The molecule has 3 N–H and O–H groups in total. The van der Waals surface area contributed by atoms with Crippen LogP contribution < -0.4 is 20.9 Å². The van der Waals surface area contributed by atoms with E-state index in [0.717, 1.165) is 6.08 Å². The molecule has 0 saturated heterocycles. The molecular formula is C30H21ClN4O7. The minimum atomic E-state index is -0.738. The fraction of sp³-hybridized carbons (Fsp3) is 0. The number of anilines is 1. The first-order chi connectivity index (χ1) is 20.2. The summed E-state index contributed by atoms with van der Waals surface area (Å²) in [6.07, 6.45) is 2.52. The lowest BCUT2D eigenvalue weighted by atomic mass is 10.1. The van der Waals surface area contributed by atoms with E-state index in [1.807, 2.05) is 0 Å². The Kier molecular flexibility index (Phi) is 9.38. The van der Waals surface area contributed by atoms with Crippen molar-refractivity contribution in [3.05, 3.63) is 141 Å². The molecule has 4 aromatic carbocycles. The third kappa shape index (κ3) is 7.87. The molecule has 3 amide bonds. The van der Waals surface area contributed by atoms with Crippen LogP contribution in [0.5, 0.6) is 5.75 Å². The fourth-order valence-corrected chi connectivity index (χ4v) is 3.62. The van der Waals surface area contributed by atoms with Crippen molar-refractivity contribution in [2.24, 2.45) is 0 Å². The van der Waals surface area contributed by atoms with Gasteiger partial charge in [0.2, 0.25) is 0 Å². The molecule has 0 radical (unpaired) electrons. The van der Waals surface area contributed by atoms with Crippen LogP contribution in [0.4, 0.5) is 11.4 Å². The number of rotatable bonds is 8. The van der Waals surface area contributed by atoms with Gasteiger partial charge >= 0.3 is 5.97 Å². The maximum atomic E-state index is 12.5. The molecule has 0 aliphatic heterocycles. The van der Waals surface area contributed by atoms with E-state index in [2.05, 4.69) is 16.2 Å². The van der Waals surface area contributed by atoms with E-state index >= 15 is 0 Å². The highest BCUT2D eigenvalue weighted by Crippen LogP contribution is 2.22. The van der Waals surface area contributed by atoms with Crippen molar-refractivity contribution in [3.63, 3.8) is 0 Å². The van der Waals surface area contributed by atoms with E-state index < -0.39 is 22.7 Å². The second-order valence-corrected chi connectivity index (χ2v) is 8.98. The number of esters is 1. The topological polar surface area (TPSA) is 157 Å². The lowest BCUT2D eigenvalue weighted by Crippen LogP contribution is -2.40. The lowest BCUT2D eigenvalue weighted by Gasteiger charge is -2.09. The normalized spacial score (nSPS) is 10.5. The number of non-ortho nitro benzene ring substituents is 1. The van der Waals surface area contributed by atoms with Crippen molar-refractivity contribution in [2.45, 2.75) is 0 Å². The van der Waals surface area contributed by atoms with Crippen molar-refractivity contribution in [1.29, 1.82) is 0 Å². The summed E-state index contributed by atoms with van der Waals surface area (Å²) in [5, 5.41) is 14.0. The Balaban J connectivity index is 1.30. The van der Waals surface area contributed by atoms with Crippen LogP contribution in [0.1, 0.15) is 36.6 Å². The number of carbonyl (C=O) groups excluding carboxylic acids is 4. The third-order valence-electron chi connectivity index (χ3n) is 5.66. The van der Waals surface area contributed by atoms with Gasteiger partial charge in [0, 0.05) is 45.6 Å². The summed E-state index contributed by atoms with van der Waals surface area (Å²) in [6.45, 7) is 0. The second kappa shape index (κ2) is 13.5. The maximum Gasteiger partial charge on any atom is 0.343 e. The van der Waals surface area contributed by atoms with Gasteiger partial charge in [0.1, 0.15) is 5.75 Å². The molecular weight excluding hydrogens is 564 g/mol. The van der Waals surface area contributed by atoms with Gasteiger partial charge in [0.05, 0.1) is 10.5 Å². The Morgan fingerprint density at radius 2 is 1.33 bits per heavy atom. The van der Waals surface area contributed by atoms with Gasteiger partial charge in [-0.05, 0) is 72.8 Å². The van der Waals surface area contributed by atoms with Crippen molar-refractivity contribution >= 4 is 52.7 Å². The molecule has 0 atom stereocenters. The molecule has 0 unspecified atom stereocenters. The minimum absolute atomic E-state index is 0.108. The molecule has 210 valence electrons. The average Bonchev–Trinajstić information content (AvgIpc) is 3.00. The largest absolute Gasteiger partial charge is 0.422 e. The molecule has 0 spiro atoms. The highest BCUT2D eigenvalue weighted by atomic mass is 35.5. The highest BCUT2D eigenvalue weighted by molar-refractivity contribution is 6.30. The van der Waals surface area contributed by atoms with Crippen LogP contribution in [0.2, 0.25) is 5.02 Å². The van der Waals surface area contributed by atoms with Gasteiger partial charge in [-0.15, -0.1) is 0 Å². The first-order valence-electron chi connectivity index (χ1n) is 12.2. The number of hydrogen-bond acceptors (Lipinski definition) is 7. The van der Waals surface area contributed by atoms with Crippen LogP contribution in [-0.4, -0.2) is 28.6 Å². The number of carbonyl (C=O) groups is 4. The zero-order valence-corrected chi connectivity index (χ0v) is 22.3. The third-order valence-corrected chi connectivity index (χ3v) is 5.91. The number of para-hydroxylation sites is 1. The number of ether oxygens (including phenoxy) is 1. The number of halogens is 1. The molecule has 0 heterocycles. The van der Waals surface area contributed by atoms with Gasteiger partial charge < -0.3 is 10.1 Å². The fourth-order valence-electron chi connectivity index (χ4n) is 3.50. The van der Waals surface area contributed by atoms with E-state index in [-0.39, 0.29) is 28.5 Å². The van der Waals surface area contributed by atoms with Crippen molar-refractivity contribution in [2.75, 3.05) is 5.32 Å². The molecule has 0 aromatic heterocycles. The summed E-state index contributed by atoms with van der Waals surface area (Å²) in [4.78, 5) is 59.8. The van der Waals surface area contributed by atoms with Crippen LogP contribution in [0.3, 0.4) is 0 Å². The number of nitrogens with one attached hydrogen (secondary N) is 3. The first kappa shape index (κ1) is 29.2. The van der Waals surface area contributed by atoms with E-state index in [9.17, 15) is 29.3 Å². The molecule has 42 heavy (non-hydrogen) atoms. The van der Waals surface area contributed by atoms with Gasteiger partial charge in [0.25, 0.3) is 23.4 Å².